The normalized spacial score (nSPS) is 12.2. The van der Waals surface area contributed by atoms with E-state index in [1.54, 1.807) is 41.1 Å². The Morgan fingerprint density at radius 3 is 2.41 bits per heavy atom. The molecule has 0 saturated heterocycles. The van der Waals surface area contributed by atoms with Gasteiger partial charge in [-0.15, -0.1) is 11.3 Å². The molecule has 29 heavy (non-hydrogen) atoms. The Labute approximate surface area is 171 Å². The minimum absolute atomic E-state index is 0.0338. The van der Waals surface area contributed by atoms with E-state index in [0.717, 1.165) is 28.1 Å². The summed E-state index contributed by atoms with van der Waals surface area (Å²) >= 11 is 1.44. The SMILES string of the molecule is C=C(C)CN=c1scc(-c2ccc([N+](=O)[O-])cc2)n1N=C(C)c1ccc(O)cc1. The van der Waals surface area contributed by atoms with Gasteiger partial charge >= 0.3 is 0 Å². The average Bonchev–Trinajstić information content (AvgIpc) is 3.09. The fourth-order valence-corrected chi connectivity index (χ4v) is 3.40. The van der Waals surface area contributed by atoms with Crippen LogP contribution >= 0.6 is 11.3 Å². The van der Waals surface area contributed by atoms with E-state index < -0.39 is 4.92 Å². The number of rotatable bonds is 6. The molecule has 0 radical (unpaired) electrons. The summed E-state index contributed by atoms with van der Waals surface area (Å²) in [5.74, 6) is 0.188. The Morgan fingerprint density at radius 1 is 1.17 bits per heavy atom. The van der Waals surface area contributed by atoms with Crippen LogP contribution in [0, 0.1) is 10.1 Å². The third kappa shape index (κ3) is 4.85. The van der Waals surface area contributed by atoms with Gasteiger partial charge < -0.3 is 5.11 Å². The van der Waals surface area contributed by atoms with E-state index >= 15 is 0 Å². The highest BCUT2D eigenvalue weighted by Gasteiger charge is 2.11. The molecule has 0 aliphatic rings. The maximum Gasteiger partial charge on any atom is 0.269 e. The molecule has 3 rings (SSSR count). The van der Waals surface area contributed by atoms with Gasteiger partial charge in [0.15, 0.2) is 0 Å². The summed E-state index contributed by atoms with van der Waals surface area (Å²) in [4.78, 5) is 15.8. The number of nitrogens with zero attached hydrogens (tertiary/aromatic N) is 4. The van der Waals surface area contributed by atoms with E-state index in [9.17, 15) is 15.2 Å². The number of phenolic OH excluding ortho intramolecular Hbond substituents is 1. The molecule has 0 unspecified atom stereocenters. The quantitative estimate of drug-likeness (QED) is 0.280. The van der Waals surface area contributed by atoms with Gasteiger partial charge in [-0.2, -0.15) is 5.10 Å². The predicted molar refractivity (Wildman–Crippen MR) is 115 cm³/mol. The van der Waals surface area contributed by atoms with Crippen molar-refractivity contribution in [3.05, 3.63) is 86.5 Å². The molecule has 0 bridgehead atoms. The molecule has 1 aromatic heterocycles. The number of hydrogen-bond acceptors (Lipinski definition) is 6. The van der Waals surface area contributed by atoms with E-state index in [2.05, 4.69) is 11.6 Å². The average molecular weight is 408 g/mol. The number of aromatic hydroxyl groups is 1. The third-order valence-electron chi connectivity index (χ3n) is 4.08. The van der Waals surface area contributed by atoms with E-state index in [-0.39, 0.29) is 11.4 Å². The third-order valence-corrected chi connectivity index (χ3v) is 4.93. The van der Waals surface area contributed by atoms with Crippen molar-refractivity contribution in [1.29, 1.82) is 0 Å². The Morgan fingerprint density at radius 2 is 1.83 bits per heavy atom. The summed E-state index contributed by atoms with van der Waals surface area (Å²) in [6.45, 7) is 8.15. The van der Waals surface area contributed by atoms with E-state index in [4.69, 9.17) is 5.10 Å². The van der Waals surface area contributed by atoms with Crippen LogP contribution in [-0.2, 0) is 0 Å². The largest absolute Gasteiger partial charge is 0.508 e. The monoisotopic (exact) mass is 408 g/mol. The van der Waals surface area contributed by atoms with Crippen LogP contribution in [0.5, 0.6) is 5.75 Å². The zero-order valence-electron chi connectivity index (χ0n) is 16.1. The van der Waals surface area contributed by atoms with Crippen molar-refractivity contribution in [3.8, 4) is 17.0 Å². The number of phenols is 1. The molecule has 3 aromatic rings. The number of thiazole rings is 1. The summed E-state index contributed by atoms with van der Waals surface area (Å²) in [5, 5.41) is 27.1. The molecule has 1 N–H and O–H groups in total. The molecule has 0 aliphatic carbocycles. The number of nitro benzene ring substituents is 1. The molecule has 0 amide bonds. The van der Waals surface area contributed by atoms with E-state index in [1.807, 2.05) is 19.2 Å². The maximum atomic E-state index is 10.9. The molecule has 8 heteroatoms. The lowest BCUT2D eigenvalue weighted by molar-refractivity contribution is -0.384. The summed E-state index contributed by atoms with van der Waals surface area (Å²) in [5.41, 5.74) is 4.15. The summed E-state index contributed by atoms with van der Waals surface area (Å²) in [6, 6.07) is 13.1. The zero-order valence-corrected chi connectivity index (χ0v) is 16.9. The van der Waals surface area contributed by atoms with Crippen molar-refractivity contribution in [2.45, 2.75) is 13.8 Å². The summed E-state index contributed by atoms with van der Waals surface area (Å²) in [6.07, 6.45) is 0. The molecule has 7 nitrogen and oxygen atoms in total. The molecular formula is C21H20N4O3S. The van der Waals surface area contributed by atoms with Gasteiger partial charge in [-0.05, 0) is 55.8 Å². The van der Waals surface area contributed by atoms with Crippen molar-refractivity contribution in [2.24, 2.45) is 10.1 Å². The first kappa shape index (κ1) is 20.2. The topological polar surface area (TPSA) is 93.0 Å². The first-order valence-corrected chi connectivity index (χ1v) is 9.68. The highest BCUT2D eigenvalue weighted by Crippen LogP contribution is 2.23. The number of benzene rings is 2. The molecule has 0 fully saturated rings. The van der Waals surface area contributed by atoms with Crippen molar-refractivity contribution < 1.29 is 10.0 Å². The van der Waals surface area contributed by atoms with Crippen LogP contribution < -0.4 is 4.80 Å². The van der Waals surface area contributed by atoms with Crippen LogP contribution in [0.25, 0.3) is 11.3 Å². The van der Waals surface area contributed by atoms with Gasteiger partial charge in [0.25, 0.3) is 5.69 Å². The van der Waals surface area contributed by atoms with Gasteiger partial charge in [-0.25, -0.2) is 4.68 Å². The van der Waals surface area contributed by atoms with Crippen LogP contribution in [0.3, 0.4) is 0 Å². The minimum Gasteiger partial charge on any atom is -0.508 e. The Kier molecular flexibility index (Phi) is 6.04. The Bertz CT molecular complexity index is 1140. The molecule has 0 aliphatic heterocycles. The second-order valence-electron chi connectivity index (χ2n) is 6.52. The molecule has 0 saturated carbocycles. The number of non-ortho nitro benzene ring substituents is 1. The number of nitro groups is 1. The van der Waals surface area contributed by atoms with Crippen LogP contribution in [-0.4, -0.2) is 27.0 Å². The van der Waals surface area contributed by atoms with Crippen LogP contribution in [0.1, 0.15) is 19.4 Å². The van der Waals surface area contributed by atoms with Gasteiger partial charge in [0.05, 0.1) is 22.9 Å². The molecule has 0 atom stereocenters. The highest BCUT2D eigenvalue weighted by atomic mass is 32.1. The first-order chi connectivity index (χ1) is 13.8. The molecule has 148 valence electrons. The fraction of sp³-hybridized carbons (Fsp3) is 0.143. The smallest absolute Gasteiger partial charge is 0.269 e. The standard InChI is InChI=1S/C21H20N4O3S/c1-14(2)12-22-21-24(23-15(3)16-6-10-19(26)11-7-16)20(13-29-21)17-4-8-18(9-5-17)25(27)28/h4-11,13,26H,1,12H2,2-3H3. The van der Waals surface area contributed by atoms with Crippen molar-refractivity contribution in [2.75, 3.05) is 6.54 Å². The van der Waals surface area contributed by atoms with E-state index in [0.29, 0.717) is 11.3 Å². The molecule has 0 spiro atoms. The van der Waals surface area contributed by atoms with E-state index in [1.165, 1.54) is 23.5 Å². The number of hydrogen-bond donors (Lipinski definition) is 1. The Hall–Kier alpha value is -3.52. The van der Waals surface area contributed by atoms with Gasteiger partial charge in [0, 0.05) is 23.1 Å². The van der Waals surface area contributed by atoms with Crippen molar-refractivity contribution in [3.63, 3.8) is 0 Å². The lowest BCUT2D eigenvalue weighted by Gasteiger charge is -2.07. The van der Waals surface area contributed by atoms with Gasteiger partial charge in [0.2, 0.25) is 4.80 Å². The summed E-state index contributed by atoms with van der Waals surface area (Å²) in [7, 11) is 0. The Balaban J connectivity index is 2.11. The van der Waals surface area contributed by atoms with Gasteiger partial charge in [-0.3, -0.25) is 15.1 Å². The lowest BCUT2D eigenvalue weighted by atomic mass is 10.1. The molecular weight excluding hydrogens is 388 g/mol. The predicted octanol–water partition coefficient (Wildman–Crippen LogP) is 4.58. The first-order valence-electron chi connectivity index (χ1n) is 8.80. The van der Waals surface area contributed by atoms with Gasteiger partial charge in [0.1, 0.15) is 5.75 Å². The summed E-state index contributed by atoms with van der Waals surface area (Å²) < 4.78 is 1.73. The lowest BCUT2D eigenvalue weighted by Crippen LogP contribution is -2.15. The number of aromatic nitrogens is 1. The van der Waals surface area contributed by atoms with Crippen LogP contribution in [0.2, 0.25) is 0 Å². The minimum atomic E-state index is -0.424. The molecule has 1 heterocycles. The maximum absolute atomic E-state index is 10.9. The van der Waals surface area contributed by atoms with Crippen LogP contribution in [0.4, 0.5) is 5.69 Å². The van der Waals surface area contributed by atoms with Crippen molar-refractivity contribution >= 4 is 22.7 Å². The molecule has 2 aromatic carbocycles. The second-order valence-corrected chi connectivity index (χ2v) is 7.36. The second kappa shape index (κ2) is 8.66. The fourth-order valence-electron chi connectivity index (χ4n) is 2.57. The highest BCUT2D eigenvalue weighted by molar-refractivity contribution is 7.07. The van der Waals surface area contributed by atoms with Gasteiger partial charge in [-0.1, -0.05) is 12.2 Å². The zero-order chi connectivity index (χ0) is 21.0. The van der Waals surface area contributed by atoms with Crippen LogP contribution in [0.15, 0.2) is 76.2 Å². The van der Waals surface area contributed by atoms with Crippen molar-refractivity contribution in [1.82, 2.24) is 4.68 Å².